The van der Waals surface area contributed by atoms with Crippen LogP contribution in [0.3, 0.4) is 0 Å². The maximum Gasteiger partial charge on any atom is 0.281 e. The van der Waals surface area contributed by atoms with Gasteiger partial charge in [-0.1, -0.05) is 6.92 Å². The van der Waals surface area contributed by atoms with Crippen LogP contribution in [0.4, 0.5) is 5.69 Å². The van der Waals surface area contributed by atoms with Crippen molar-refractivity contribution in [2.45, 2.75) is 33.2 Å². The number of quaternary nitrogens is 1. The number of aryl methyl sites for hydroxylation is 2. The van der Waals surface area contributed by atoms with Gasteiger partial charge in [-0.3, -0.25) is 4.79 Å². The molecule has 0 aliphatic rings. The number of nitrogens with zero attached hydrogens (tertiary/aromatic N) is 2. The Morgan fingerprint density at radius 2 is 1.86 bits per heavy atom. The average Bonchev–Trinajstić information content (AvgIpc) is 2.32. The van der Waals surface area contributed by atoms with E-state index in [9.17, 15) is 4.79 Å². The van der Waals surface area contributed by atoms with Crippen molar-refractivity contribution in [1.82, 2.24) is 0 Å². The van der Waals surface area contributed by atoms with Crippen LogP contribution in [0.1, 0.15) is 30.0 Å². The van der Waals surface area contributed by atoms with E-state index in [2.05, 4.69) is 11.4 Å². The van der Waals surface area contributed by atoms with Crippen molar-refractivity contribution in [3.63, 3.8) is 0 Å². The number of rotatable bonds is 4. The number of hydrogen-bond acceptors (Lipinski definition) is 3. The second-order valence-corrected chi connectivity index (χ2v) is 6.39. The van der Waals surface area contributed by atoms with E-state index in [4.69, 9.17) is 18.1 Å². The summed E-state index contributed by atoms with van der Waals surface area (Å²) in [7, 11) is 3.67. The summed E-state index contributed by atoms with van der Waals surface area (Å²) in [5.74, 6) is -0.0802. The zero-order valence-corrected chi connectivity index (χ0v) is 16.9. The zero-order valence-electron chi connectivity index (χ0n) is 13.2. The van der Waals surface area contributed by atoms with Gasteiger partial charge in [-0.15, -0.1) is 0 Å². The molecule has 1 N–H and O–H groups in total. The van der Waals surface area contributed by atoms with Gasteiger partial charge >= 0.3 is 0 Å². The van der Waals surface area contributed by atoms with E-state index in [1.54, 1.807) is 12.1 Å². The van der Waals surface area contributed by atoms with Gasteiger partial charge in [0.15, 0.2) is 6.04 Å². The standard InChI is InChI=1S/C15H21N3OS.Y/c1-6-13(18(4,5)20)15(19)17-14-10(2)7-12(9-16)8-11(14)3;/h7-8,13H,6H2,1-5H3,(H,17,19);. The number of benzene rings is 1. The number of carbonyl (C=O) groups is 1. The van der Waals surface area contributed by atoms with E-state index in [1.165, 1.54) is 0 Å². The van der Waals surface area contributed by atoms with E-state index in [1.807, 2.05) is 34.9 Å². The minimum atomic E-state index is -0.278. The maximum atomic E-state index is 12.4. The number of hydrogen-bond donors (Lipinski definition) is 1. The van der Waals surface area contributed by atoms with Gasteiger partial charge in [0.05, 0.1) is 25.7 Å². The Kier molecular flexibility index (Phi) is 8.13. The minimum Gasteiger partial charge on any atom is -0.494 e. The van der Waals surface area contributed by atoms with Crippen LogP contribution in [0, 0.1) is 25.2 Å². The van der Waals surface area contributed by atoms with Gasteiger partial charge in [0.2, 0.25) is 0 Å². The Morgan fingerprint density at radius 1 is 1.38 bits per heavy atom. The third-order valence-corrected chi connectivity index (χ3v) is 3.60. The summed E-state index contributed by atoms with van der Waals surface area (Å²) in [5.41, 5.74) is 3.15. The van der Waals surface area contributed by atoms with Crippen molar-refractivity contribution in [3.8, 4) is 6.07 Å². The van der Waals surface area contributed by atoms with Crippen LogP contribution in [0.2, 0.25) is 0 Å². The molecule has 0 aliphatic carbocycles. The molecule has 21 heavy (non-hydrogen) atoms. The van der Waals surface area contributed by atoms with Crippen molar-refractivity contribution >= 4 is 24.4 Å². The molecule has 1 aromatic carbocycles. The van der Waals surface area contributed by atoms with Crippen LogP contribution in [0.5, 0.6) is 0 Å². The first-order valence-corrected chi connectivity index (χ1v) is 6.94. The van der Waals surface area contributed by atoms with Gasteiger partial charge in [-0.2, -0.15) is 5.26 Å². The molecule has 1 atom stereocenters. The molecule has 0 fully saturated rings. The summed E-state index contributed by atoms with van der Waals surface area (Å²) in [5, 5.41) is 11.9. The molecule has 0 saturated carbocycles. The first kappa shape index (κ1) is 20.6. The first-order chi connectivity index (χ1) is 9.20. The van der Waals surface area contributed by atoms with Crippen molar-refractivity contribution in [1.29, 1.82) is 5.26 Å². The summed E-state index contributed by atoms with van der Waals surface area (Å²) in [6.45, 7) is 5.73. The fourth-order valence-electron chi connectivity index (χ4n) is 2.34. The number of nitriles is 1. The van der Waals surface area contributed by atoms with Gasteiger partial charge in [-0.25, -0.2) is 0 Å². The molecule has 0 spiro atoms. The Labute approximate surface area is 157 Å². The largest absolute Gasteiger partial charge is 0.494 e. The summed E-state index contributed by atoms with van der Waals surface area (Å²) in [4.78, 5) is 12.4. The predicted octanol–water partition coefficient (Wildman–Crippen LogP) is 2.43. The van der Waals surface area contributed by atoms with Gasteiger partial charge < -0.3 is 22.0 Å². The fourth-order valence-corrected chi connectivity index (χ4v) is 2.58. The molecule has 0 aromatic heterocycles. The molecule has 0 aliphatic heterocycles. The topological polar surface area (TPSA) is 52.9 Å². The molecule has 0 bridgehead atoms. The summed E-state index contributed by atoms with van der Waals surface area (Å²) < 4.78 is 0.177. The molecule has 0 heterocycles. The van der Waals surface area contributed by atoms with Gasteiger partial charge in [0, 0.05) is 44.8 Å². The Morgan fingerprint density at radius 3 is 2.19 bits per heavy atom. The molecule has 1 unspecified atom stereocenters. The van der Waals surface area contributed by atoms with E-state index in [0.29, 0.717) is 12.0 Å². The van der Waals surface area contributed by atoms with E-state index < -0.39 is 0 Å². The molecule has 111 valence electrons. The Balaban J connectivity index is 0.00000400. The SMILES string of the molecule is CCC(C(=O)Nc1c(C)cc(C#N)cc1C)[N+](C)(C)[S-].[Y]. The molecule has 1 radical (unpaired) electrons. The quantitative estimate of drug-likeness (QED) is 0.645. The summed E-state index contributed by atoms with van der Waals surface area (Å²) in [6, 6.07) is 5.39. The summed E-state index contributed by atoms with van der Waals surface area (Å²) >= 11 is 5.34. The molecule has 1 rings (SSSR count). The van der Waals surface area contributed by atoms with Crippen LogP contribution in [0.25, 0.3) is 0 Å². The minimum absolute atomic E-state index is 0. The van der Waals surface area contributed by atoms with E-state index in [-0.39, 0.29) is 48.5 Å². The molecular formula is C15H21N3OSY. The second-order valence-electron chi connectivity index (χ2n) is 5.44. The van der Waals surface area contributed by atoms with Crippen LogP contribution >= 0.6 is 0 Å². The van der Waals surface area contributed by atoms with Gasteiger partial charge in [0.25, 0.3) is 5.91 Å². The molecule has 1 amide bonds. The normalized spacial score (nSPS) is 12.0. The van der Waals surface area contributed by atoms with Crippen molar-refractivity contribution in [2.24, 2.45) is 0 Å². The average molecular weight is 380 g/mol. The monoisotopic (exact) mass is 380 g/mol. The maximum absolute atomic E-state index is 12.4. The van der Waals surface area contributed by atoms with Crippen molar-refractivity contribution in [3.05, 3.63) is 28.8 Å². The van der Waals surface area contributed by atoms with E-state index in [0.717, 1.165) is 16.8 Å². The Hall–Kier alpha value is -0.406. The molecule has 0 saturated heterocycles. The number of amides is 1. The Bertz CT molecular complexity index is 538. The van der Waals surface area contributed by atoms with Crippen LogP contribution in [0.15, 0.2) is 12.1 Å². The van der Waals surface area contributed by atoms with E-state index >= 15 is 0 Å². The van der Waals surface area contributed by atoms with Gasteiger partial charge in [-0.05, 0) is 37.1 Å². The zero-order chi connectivity index (χ0) is 15.5. The van der Waals surface area contributed by atoms with Crippen LogP contribution in [-0.4, -0.2) is 29.9 Å². The van der Waals surface area contributed by atoms with Crippen LogP contribution < -0.4 is 5.32 Å². The van der Waals surface area contributed by atoms with Crippen LogP contribution in [-0.2, 0) is 50.3 Å². The second kappa shape index (κ2) is 8.29. The van der Waals surface area contributed by atoms with Crippen molar-refractivity contribution < 1.29 is 41.4 Å². The number of likely N-dealkylation sites (N-methyl/N-ethyl adjacent to an activating group) is 1. The smallest absolute Gasteiger partial charge is 0.281 e. The third kappa shape index (κ3) is 5.37. The molecule has 6 heteroatoms. The first-order valence-electron chi connectivity index (χ1n) is 6.57. The number of anilines is 1. The molecule has 4 nitrogen and oxygen atoms in total. The number of nitrogens with one attached hydrogen (secondary N) is 1. The summed E-state index contributed by atoms with van der Waals surface area (Å²) in [6.07, 6.45) is 0.677. The molecular weight excluding hydrogens is 359 g/mol. The number of carbonyl (C=O) groups excluding carboxylic acids is 1. The van der Waals surface area contributed by atoms with Gasteiger partial charge in [0.1, 0.15) is 0 Å². The molecule has 1 aromatic rings. The van der Waals surface area contributed by atoms with Crippen molar-refractivity contribution in [2.75, 3.05) is 19.4 Å². The predicted molar refractivity (Wildman–Crippen MR) is 82.8 cm³/mol. The fraction of sp³-hybridized carbons (Fsp3) is 0.467. The third-order valence-electron chi connectivity index (χ3n) is 3.35.